The topological polar surface area (TPSA) is 15.3 Å². The zero-order chi connectivity index (χ0) is 14.4. The van der Waals surface area contributed by atoms with E-state index in [1.165, 1.54) is 44.3 Å². The maximum Gasteiger partial charge on any atom is 0.0220 e. The predicted molar refractivity (Wildman–Crippen MR) is 87.1 cm³/mol. The number of likely N-dealkylation sites (tertiary alicyclic amines) is 1. The number of benzene rings is 1. The quantitative estimate of drug-likeness (QED) is 0.884. The molecule has 0 bridgehead atoms. The van der Waals surface area contributed by atoms with Gasteiger partial charge in [-0.05, 0) is 52.1 Å². The van der Waals surface area contributed by atoms with Gasteiger partial charge in [0.05, 0.1) is 0 Å². The van der Waals surface area contributed by atoms with Crippen molar-refractivity contribution in [1.29, 1.82) is 0 Å². The molecular formula is C18H30N2. The van der Waals surface area contributed by atoms with Crippen LogP contribution in [0.4, 0.5) is 0 Å². The Labute approximate surface area is 124 Å². The van der Waals surface area contributed by atoms with Crippen molar-refractivity contribution in [3.8, 4) is 0 Å². The van der Waals surface area contributed by atoms with E-state index in [9.17, 15) is 0 Å². The van der Waals surface area contributed by atoms with Gasteiger partial charge in [-0.3, -0.25) is 4.90 Å². The minimum absolute atomic E-state index is 0.225. The summed E-state index contributed by atoms with van der Waals surface area (Å²) in [6.07, 6.45) is 5.27. The largest absolute Gasteiger partial charge is 0.311 e. The Kier molecular flexibility index (Phi) is 5.62. The van der Waals surface area contributed by atoms with Crippen molar-refractivity contribution >= 4 is 0 Å². The van der Waals surface area contributed by atoms with E-state index in [4.69, 9.17) is 0 Å². The average molecular weight is 274 g/mol. The van der Waals surface area contributed by atoms with Crippen LogP contribution in [-0.4, -0.2) is 36.1 Å². The molecule has 1 heterocycles. The van der Waals surface area contributed by atoms with Gasteiger partial charge in [-0.1, -0.05) is 36.8 Å². The fourth-order valence-electron chi connectivity index (χ4n) is 2.93. The first-order valence-corrected chi connectivity index (χ1v) is 8.07. The van der Waals surface area contributed by atoms with Crippen LogP contribution in [-0.2, 0) is 6.42 Å². The van der Waals surface area contributed by atoms with Gasteiger partial charge in [-0.2, -0.15) is 0 Å². The maximum atomic E-state index is 3.68. The molecule has 2 nitrogen and oxygen atoms in total. The number of hydrogen-bond acceptors (Lipinski definition) is 2. The maximum absolute atomic E-state index is 3.68. The van der Waals surface area contributed by atoms with E-state index in [1.54, 1.807) is 0 Å². The number of nitrogens with one attached hydrogen (secondary N) is 1. The minimum Gasteiger partial charge on any atom is -0.311 e. The Bertz CT molecular complexity index is 380. The van der Waals surface area contributed by atoms with Gasteiger partial charge in [-0.15, -0.1) is 0 Å². The Balaban J connectivity index is 1.83. The second kappa shape index (κ2) is 7.24. The smallest absolute Gasteiger partial charge is 0.0220 e. The van der Waals surface area contributed by atoms with Crippen LogP contribution in [0.5, 0.6) is 0 Å². The number of nitrogens with zero attached hydrogens (tertiary/aromatic N) is 1. The summed E-state index contributed by atoms with van der Waals surface area (Å²) in [6, 6.07) is 11.6. The highest BCUT2D eigenvalue weighted by molar-refractivity contribution is 5.14. The van der Waals surface area contributed by atoms with E-state index < -0.39 is 0 Å². The van der Waals surface area contributed by atoms with E-state index in [0.717, 1.165) is 6.54 Å². The van der Waals surface area contributed by atoms with Gasteiger partial charge in [0.25, 0.3) is 0 Å². The number of rotatable bonds is 5. The van der Waals surface area contributed by atoms with Crippen LogP contribution in [0.1, 0.15) is 45.6 Å². The summed E-state index contributed by atoms with van der Waals surface area (Å²) in [5.74, 6) is 0. The van der Waals surface area contributed by atoms with Crippen LogP contribution in [0.15, 0.2) is 30.3 Å². The third-order valence-electron chi connectivity index (χ3n) is 4.15. The summed E-state index contributed by atoms with van der Waals surface area (Å²) in [6.45, 7) is 10.3. The number of piperidine rings is 1. The highest BCUT2D eigenvalue weighted by Gasteiger charge is 2.23. The summed E-state index contributed by atoms with van der Waals surface area (Å²) in [5.41, 5.74) is 1.68. The molecule has 1 saturated heterocycles. The lowest BCUT2D eigenvalue weighted by molar-refractivity contribution is 0.140. The molecule has 1 unspecified atom stereocenters. The van der Waals surface area contributed by atoms with Crippen LogP contribution in [0.3, 0.4) is 0 Å². The van der Waals surface area contributed by atoms with E-state index >= 15 is 0 Å². The highest BCUT2D eigenvalue weighted by atomic mass is 15.2. The molecule has 1 N–H and O–H groups in total. The van der Waals surface area contributed by atoms with Crippen LogP contribution in [0.2, 0.25) is 0 Å². The third kappa shape index (κ3) is 5.26. The van der Waals surface area contributed by atoms with Crippen molar-refractivity contribution < 1.29 is 0 Å². The summed E-state index contributed by atoms with van der Waals surface area (Å²) in [5, 5.41) is 3.68. The average Bonchev–Trinajstić information content (AvgIpc) is 2.44. The SMILES string of the molecule is CC(C)(C)NCC1CCCCN1CCc1ccccc1. The fourth-order valence-corrected chi connectivity index (χ4v) is 2.93. The number of hydrogen-bond donors (Lipinski definition) is 1. The zero-order valence-corrected chi connectivity index (χ0v) is 13.4. The molecule has 0 aromatic heterocycles. The molecule has 1 atom stereocenters. The Morgan fingerprint density at radius 3 is 2.60 bits per heavy atom. The predicted octanol–water partition coefficient (Wildman–Crippen LogP) is 3.47. The second-order valence-electron chi connectivity index (χ2n) is 7.05. The molecule has 0 spiro atoms. The molecule has 0 aliphatic carbocycles. The molecule has 2 heteroatoms. The van der Waals surface area contributed by atoms with Gasteiger partial charge in [0, 0.05) is 24.7 Å². The van der Waals surface area contributed by atoms with E-state index in [-0.39, 0.29) is 5.54 Å². The second-order valence-corrected chi connectivity index (χ2v) is 7.05. The highest BCUT2D eigenvalue weighted by Crippen LogP contribution is 2.18. The summed E-state index contributed by atoms with van der Waals surface area (Å²) >= 11 is 0. The molecule has 0 radical (unpaired) electrons. The van der Waals surface area contributed by atoms with Gasteiger partial charge < -0.3 is 5.32 Å². The van der Waals surface area contributed by atoms with Crippen molar-refractivity contribution in [3.05, 3.63) is 35.9 Å². The molecule has 0 saturated carbocycles. The van der Waals surface area contributed by atoms with Gasteiger partial charge in [0.15, 0.2) is 0 Å². The molecular weight excluding hydrogens is 244 g/mol. The summed E-state index contributed by atoms with van der Waals surface area (Å²) in [4.78, 5) is 2.69. The normalized spacial score (nSPS) is 21.1. The molecule has 0 amide bonds. The molecule has 1 aromatic carbocycles. The van der Waals surface area contributed by atoms with Crippen LogP contribution in [0, 0.1) is 0 Å². The molecule has 112 valence electrons. The molecule has 1 fully saturated rings. The molecule has 1 aromatic rings. The fraction of sp³-hybridized carbons (Fsp3) is 0.667. The molecule has 1 aliphatic heterocycles. The molecule has 1 aliphatic rings. The first-order chi connectivity index (χ1) is 9.54. The lowest BCUT2D eigenvalue weighted by Crippen LogP contribution is -2.50. The molecule has 2 rings (SSSR count). The van der Waals surface area contributed by atoms with E-state index in [0.29, 0.717) is 6.04 Å². The lowest BCUT2D eigenvalue weighted by Gasteiger charge is -2.37. The monoisotopic (exact) mass is 274 g/mol. The standard InChI is InChI=1S/C18H30N2/c1-18(2,3)19-15-17-11-7-8-13-20(17)14-12-16-9-5-4-6-10-16/h4-6,9-10,17,19H,7-8,11-15H2,1-3H3. The van der Waals surface area contributed by atoms with E-state index in [2.05, 4.69) is 61.3 Å². The third-order valence-corrected chi connectivity index (χ3v) is 4.15. The first kappa shape index (κ1) is 15.5. The van der Waals surface area contributed by atoms with Crippen molar-refractivity contribution in [2.24, 2.45) is 0 Å². The summed E-state index contributed by atoms with van der Waals surface area (Å²) < 4.78 is 0. The van der Waals surface area contributed by atoms with Gasteiger partial charge in [0.1, 0.15) is 0 Å². The van der Waals surface area contributed by atoms with Crippen LogP contribution >= 0.6 is 0 Å². The van der Waals surface area contributed by atoms with E-state index in [1.807, 2.05) is 0 Å². The first-order valence-electron chi connectivity index (χ1n) is 8.07. The minimum atomic E-state index is 0.225. The van der Waals surface area contributed by atoms with Crippen molar-refractivity contribution in [3.63, 3.8) is 0 Å². The Hall–Kier alpha value is -0.860. The van der Waals surface area contributed by atoms with Crippen LogP contribution < -0.4 is 5.32 Å². The molecule has 20 heavy (non-hydrogen) atoms. The van der Waals surface area contributed by atoms with Gasteiger partial charge in [-0.25, -0.2) is 0 Å². The van der Waals surface area contributed by atoms with Gasteiger partial charge in [0.2, 0.25) is 0 Å². The lowest BCUT2D eigenvalue weighted by atomic mass is 9.99. The van der Waals surface area contributed by atoms with Crippen molar-refractivity contribution in [1.82, 2.24) is 10.2 Å². The van der Waals surface area contributed by atoms with Crippen LogP contribution in [0.25, 0.3) is 0 Å². The van der Waals surface area contributed by atoms with Crippen molar-refractivity contribution in [2.75, 3.05) is 19.6 Å². The zero-order valence-electron chi connectivity index (χ0n) is 13.4. The Morgan fingerprint density at radius 1 is 1.15 bits per heavy atom. The summed E-state index contributed by atoms with van der Waals surface area (Å²) in [7, 11) is 0. The Morgan fingerprint density at radius 2 is 1.90 bits per heavy atom. The van der Waals surface area contributed by atoms with Gasteiger partial charge >= 0.3 is 0 Å². The van der Waals surface area contributed by atoms with Crippen molar-refractivity contribution in [2.45, 2.75) is 58.0 Å².